The summed E-state index contributed by atoms with van der Waals surface area (Å²) in [4.78, 5) is 14.4. The van der Waals surface area contributed by atoms with E-state index in [-0.39, 0.29) is 35.8 Å². The highest BCUT2D eigenvalue weighted by molar-refractivity contribution is 7.99. The van der Waals surface area contributed by atoms with Crippen LogP contribution >= 0.6 is 11.8 Å². The van der Waals surface area contributed by atoms with Crippen molar-refractivity contribution < 1.29 is 22.7 Å². The Bertz CT molecular complexity index is 1300. The van der Waals surface area contributed by atoms with E-state index >= 15 is 0 Å². The minimum Gasteiger partial charge on any atom is -0.485 e. The number of carbonyl (C=O) groups excluding carboxylic acids is 1. The highest BCUT2D eigenvalue weighted by Crippen LogP contribution is 2.37. The van der Waals surface area contributed by atoms with Crippen molar-refractivity contribution in [2.24, 2.45) is 0 Å². The van der Waals surface area contributed by atoms with E-state index in [0.29, 0.717) is 28.9 Å². The monoisotopic (exact) mass is 500 g/mol. The molecule has 1 fully saturated rings. The second-order valence-corrected chi connectivity index (χ2v) is 11.4. The third-order valence-corrected chi connectivity index (χ3v) is 8.61. The first-order valence-electron chi connectivity index (χ1n) is 10.9. The molecule has 11 heteroatoms. The van der Waals surface area contributed by atoms with Gasteiger partial charge in [0.05, 0.1) is 17.3 Å². The smallest absolute Gasteiger partial charge is 0.233 e. The molecule has 2 aliphatic heterocycles. The summed E-state index contributed by atoms with van der Waals surface area (Å²) in [6.07, 6.45) is -0.000823. The summed E-state index contributed by atoms with van der Waals surface area (Å²) in [6.45, 7) is 0.282. The number of ether oxygens (including phenoxy) is 2. The van der Waals surface area contributed by atoms with Gasteiger partial charge in [0.25, 0.3) is 0 Å². The maximum Gasteiger partial charge on any atom is 0.233 e. The zero-order valence-electron chi connectivity index (χ0n) is 18.5. The molecule has 2 aromatic carbocycles. The molecule has 0 radical (unpaired) electrons. The van der Waals surface area contributed by atoms with Gasteiger partial charge >= 0.3 is 0 Å². The van der Waals surface area contributed by atoms with Gasteiger partial charge in [0.15, 0.2) is 38.4 Å². The topological polar surface area (TPSA) is 104 Å². The van der Waals surface area contributed by atoms with Crippen molar-refractivity contribution in [2.45, 2.75) is 23.7 Å². The third-order valence-electron chi connectivity index (χ3n) is 5.94. The summed E-state index contributed by atoms with van der Waals surface area (Å²) >= 11 is 1.26. The minimum absolute atomic E-state index is 0.0186. The van der Waals surface area contributed by atoms with Crippen molar-refractivity contribution in [1.82, 2.24) is 19.7 Å². The van der Waals surface area contributed by atoms with E-state index in [4.69, 9.17) is 9.47 Å². The fourth-order valence-electron chi connectivity index (χ4n) is 4.06. The number of amides is 1. The van der Waals surface area contributed by atoms with E-state index < -0.39 is 15.9 Å². The number of fused-ring (bicyclic) bond motifs is 1. The summed E-state index contributed by atoms with van der Waals surface area (Å²) in [7, 11) is -1.41. The molecule has 0 spiro atoms. The van der Waals surface area contributed by atoms with Crippen molar-refractivity contribution in [3.63, 3.8) is 0 Å². The molecular weight excluding hydrogens is 476 g/mol. The molecule has 5 rings (SSSR count). The number of hydrogen-bond donors (Lipinski definition) is 0. The predicted octanol–water partition coefficient (Wildman–Crippen LogP) is 2.52. The van der Waals surface area contributed by atoms with Crippen LogP contribution in [0.15, 0.2) is 59.8 Å². The summed E-state index contributed by atoms with van der Waals surface area (Å²) in [5.41, 5.74) is 0.843. The van der Waals surface area contributed by atoms with Gasteiger partial charge in [-0.05, 0) is 30.7 Å². The van der Waals surface area contributed by atoms with Gasteiger partial charge < -0.3 is 14.4 Å². The number of nitrogens with zero attached hydrogens (tertiary/aromatic N) is 4. The Hall–Kier alpha value is -3.05. The van der Waals surface area contributed by atoms with E-state index in [0.717, 1.165) is 5.69 Å². The number of carbonyl (C=O) groups is 1. The van der Waals surface area contributed by atoms with Crippen molar-refractivity contribution in [2.75, 3.05) is 30.9 Å². The minimum atomic E-state index is -3.07. The lowest BCUT2D eigenvalue weighted by atomic mass is 10.2. The SMILES string of the molecule is CN(C(=O)CSc1nnc([C@H]2COc3ccccc3O2)n1-c1ccccc1)[C@H]1CCS(=O)(=O)C1. The average molecular weight is 501 g/mol. The number of sulfone groups is 1. The van der Waals surface area contributed by atoms with Crippen LogP contribution in [0.1, 0.15) is 18.3 Å². The zero-order chi connectivity index (χ0) is 23.7. The Labute approximate surface area is 202 Å². The van der Waals surface area contributed by atoms with E-state index in [1.165, 1.54) is 16.7 Å². The van der Waals surface area contributed by atoms with Gasteiger partial charge in [-0.3, -0.25) is 9.36 Å². The first kappa shape index (κ1) is 22.7. The molecule has 3 aromatic rings. The van der Waals surface area contributed by atoms with Crippen LogP contribution in [0.3, 0.4) is 0 Å². The molecule has 0 aliphatic carbocycles. The number of aromatic nitrogens is 3. The first-order valence-corrected chi connectivity index (χ1v) is 13.7. The molecule has 2 atom stereocenters. The fraction of sp³-hybridized carbons (Fsp3) is 0.348. The summed E-state index contributed by atoms with van der Waals surface area (Å²) < 4.78 is 37.5. The van der Waals surface area contributed by atoms with Crippen molar-refractivity contribution in [3.8, 4) is 17.2 Å². The molecule has 0 saturated carbocycles. The maximum absolute atomic E-state index is 12.8. The summed E-state index contributed by atoms with van der Waals surface area (Å²) in [5, 5.41) is 9.29. The van der Waals surface area contributed by atoms with Gasteiger partial charge in [-0.15, -0.1) is 10.2 Å². The predicted molar refractivity (Wildman–Crippen MR) is 127 cm³/mol. The Balaban J connectivity index is 1.37. The lowest BCUT2D eigenvalue weighted by Gasteiger charge is -2.26. The number of thioether (sulfide) groups is 1. The molecule has 34 heavy (non-hydrogen) atoms. The van der Waals surface area contributed by atoms with E-state index in [1.807, 2.05) is 59.2 Å². The highest BCUT2D eigenvalue weighted by Gasteiger charge is 2.33. The quantitative estimate of drug-likeness (QED) is 0.476. The van der Waals surface area contributed by atoms with Gasteiger partial charge in [-0.25, -0.2) is 8.42 Å². The largest absolute Gasteiger partial charge is 0.485 e. The van der Waals surface area contributed by atoms with Gasteiger partial charge in [0, 0.05) is 18.8 Å². The summed E-state index contributed by atoms with van der Waals surface area (Å²) in [6, 6.07) is 16.8. The Morgan fingerprint density at radius 3 is 2.59 bits per heavy atom. The van der Waals surface area contributed by atoms with Crippen molar-refractivity contribution in [1.29, 1.82) is 0 Å². The number of para-hydroxylation sites is 3. The lowest BCUT2D eigenvalue weighted by molar-refractivity contribution is -0.128. The number of rotatable bonds is 6. The zero-order valence-corrected chi connectivity index (χ0v) is 20.2. The number of hydrogen-bond acceptors (Lipinski definition) is 8. The third kappa shape index (κ3) is 4.62. The standard InChI is InChI=1S/C23H24N4O5S2/c1-26(17-11-12-34(29,30)15-17)21(28)14-33-23-25-24-22(27(23)16-7-3-2-4-8-16)20-13-31-18-9-5-6-10-19(18)32-20/h2-10,17,20H,11-15H2,1H3/t17-,20+/m0/s1. The van der Waals surface area contributed by atoms with Crippen LogP contribution in [-0.2, 0) is 14.6 Å². The molecule has 1 aromatic heterocycles. The molecule has 1 saturated heterocycles. The molecule has 0 unspecified atom stereocenters. The van der Waals surface area contributed by atoms with Crippen LogP contribution in [0.25, 0.3) is 5.69 Å². The Kier molecular flexibility index (Phi) is 6.22. The van der Waals surface area contributed by atoms with E-state index in [1.54, 1.807) is 7.05 Å². The molecule has 1 amide bonds. The molecule has 2 aliphatic rings. The second-order valence-electron chi connectivity index (χ2n) is 8.23. The Morgan fingerprint density at radius 1 is 1.12 bits per heavy atom. The highest BCUT2D eigenvalue weighted by atomic mass is 32.2. The van der Waals surface area contributed by atoms with Crippen LogP contribution in [0, 0.1) is 0 Å². The van der Waals surface area contributed by atoms with Crippen molar-refractivity contribution >= 4 is 27.5 Å². The van der Waals surface area contributed by atoms with Crippen LogP contribution in [0.2, 0.25) is 0 Å². The molecule has 178 valence electrons. The molecular formula is C23H24N4O5S2. The summed E-state index contributed by atoms with van der Waals surface area (Å²) in [5.74, 6) is 2.00. The van der Waals surface area contributed by atoms with E-state index in [9.17, 15) is 13.2 Å². The molecule has 3 heterocycles. The number of benzene rings is 2. The average Bonchev–Trinajstić information content (AvgIpc) is 3.45. The lowest BCUT2D eigenvalue weighted by Crippen LogP contribution is -2.38. The van der Waals surface area contributed by atoms with Crippen LogP contribution in [0.5, 0.6) is 11.5 Å². The van der Waals surface area contributed by atoms with Crippen LogP contribution in [-0.4, -0.2) is 70.9 Å². The molecule has 0 N–H and O–H groups in total. The van der Waals surface area contributed by atoms with Crippen molar-refractivity contribution in [3.05, 3.63) is 60.4 Å². The van der Waals surface area contributed by atoms with Crippen LogP contribution in [0.4, 0.5) is 0 Å². The van der Waals surface area contributed by atoms with E-state index in [2.05, 4.69) is 10.2 Å². The maximum atomic E-state index is 12.8. The van der Waals surface area contributed by atoms with Gasteiger partial charge in [0.1, 0.15) is 6.61 Å². The molecule has 0 bridgehead atoms. The first-order chi connectivity index (χ1) is 16.4. The van der Waals surface area contributed by atoms with Gasteiger partial charge in [-0.2, -0.15) is 0 Å². The fourth-order valence-corrected chi connectivity index (χ4v) is 6.72. The van der Waals surface area contributed by atoms with Gasteiger partial charge in [-0.1, -0.05) is 42.1 Å². The van der Waals surface area contributed by atoms with Crippen LogP contribution < -0.4 is 9.47 Å². The second kappa shape index (κ2) is 9.30. The van der Waals surface area contributed by atoms with Gasteiger partial charge in [0.2, 0.25) is 5.91 Å². The molecule has 9 nitrogen and oxygen atoms in total. The Morgan fingerprint density at radius 2 is 1.85 bits per heavy atom. The normalized spacial score (nSPS) is 20.7.